The number of aromatic nitrogens is 2. The Kier molecular flexibility index (Phi) is 1.81. The van der Waals surface area contributed by atoms with Crippen molar-refractivity contribution in [2.75, 3.05) is 0 Å². The van der Waals surface area contributed by atoms with Crippen molar-refractivity contribution in [1.29, 1.82) is 0 Å². The highest BCUT2D eigenvalue weighted by molar-refractivity contribution is 5.82. The molecule has 2 aromatic heterocycles. The van der Waals surface area contributed by atoms with Gasteiger partial charge in [0.2, 0.25) is 0 Å². The van der Waals surface area contributed by atoms with Crippen LogP contribution in [-0.4, -0.2) is 9.38 Å². The number of hydrogen-bond acceptors (Lipinski definition) is 1. The smallest absolute Gasteiger partial charge is 0.140 e. The van der Waals surface area contributed by atoms with E-state index in [4.69, 9.17) is 0 Å². The first-order valence-electron chi connectivity index (χ1n) is 5.51. The maximum atomic E-state index is 4.68. The molecule has 0 amide bonds. The molecule has 16 heavy (non-hydrogen) atoms. The Hall–Kier alpha value is -1.83. The first-order valence-corrected chi connectivity index (χ1v) is 5.51. The van der Waals surface area contributed by atoms with Crippen molar-refractivity contribution in [1.82, 2.24) is 9.38 Å². The quantitative estimate of drug-likeness (QED) is 0.555. The molecular weight excluding hydrogens is 196 g/mol. The summed E-state index contributed by atoms with van der Waals surface area (Å²) >= 11 is 0. The van der Waals surface area contributed by atoms with Gasteiger partial charge < -0.3 is 0 Å². The third-order valence-corrected chi connectivity index (χ3v) is 3.24. The van der Waals surface area contributed by atoms with Crippen LogP contribution in [0.5, 0.6) is 0 Å². The lowest BCUT2D eigenvalue weighted by atomic mass is 10.1. The molecule has 0 unspecified atom stereocenters. The van der Waals surface area contributed by atoms with Crippen LogP contribution in [0.4, 0.5) is 0 Å². The number of rotatable bonds is 0. The normalized spacial score (nSPS) is 11.4. The molecule has 1 aromatic carbocycles. The third kappa shape index (κ3) is 1.16. The van der Waals surface area contributed by atoms with E-state index < -0.39 is 0 Å². The van der Waals surface area contributed by atoms with Gasteiger partial charge in [-0.05, 0) is 55.7 Å². The van der Waals surface area contributed by atoms with Gasteiger partial charge in [0.05, 0.1) is 11.0 Å². The van der Waals surface area contributed by atoms with E-state index in [9.17, 15) is 0 Å². The van der Waals surface area contributed by atoms with E-state index in [-0.39, 0.29) is 0 Å². The Morgan fingerprint density at radius 1 is 1.00 bits per heavy atom. The van der Waals surface area contributed by atoms with Gasteiger partial charge in [-0.2, -0.15) is 0 Å². The van der Waals surface area contributed by atoms with Gasteiger partial charge >= 0.3 is 0 Å². The van der Waals surface area contributed by atoms with E-state index in [1.807, 2.05) is 0 Å². The van der Waals surface area contributed by atoms with Crippen LogP contribution in [0.3, 0.4) is 0 Å². The fraction of sp³-hybridized carbons (Fsp3) is 0.214. The number of pyridine rings is 1. The number of benzene rings is 1. The molecule has 0 aliphatic rings. The molecule has 0 aliphatic heterocycles. The van der Waals surface area contributed by atoms with Gasteiger partial charge in [-0.3, -0.25) is 4.40 Å². The highest BCUT2D eigenvalue weighted by Gasteiger charge is 2.07. The lowest BCUT2D eigenvalue weighted by Crippen LogP contribution is -1.87. The van der Waals surface area contributed by atoms with Crippen LogP contribution < -0.4 is 0 Å². The molecule has 80 valence electrons. The zero-order valence-electron chi connectivity index (χ0n) is 9.78. The molecule has 2 heterocycles. The first-order chi connectivity index (χ1) is 7.66. The number of fused-ring (bicyclic) bond motifs is 3. The van der Waals surface area contributed by atoms with E-state index in [1.165, 1.54) is 22.2 Å². The van der Waals surface area contributed by atoms with Crippen LogP contribution in [0.1, 0.15) is 16.7 Å². The molecular formula is C14H14N2. The average molecular weight is 210 g/mol. The van der Waals surface area contributed by atoms with Gasteiger partial charge in [-0.25, -0.2) is 4.98 Å². The van der Waals surface area contributed by atoms with Crippen LogP contribution in [0, 0.1) is 20.8 Å². The zero-order valence-corrected chi connectivity index (χ0v) is 9.78. The van der Waals surface area contributed by atoms with Crippen molar-refractivity contribution in [2.24, 2.45) is 0 Å². The maximum absolute atomic E-state index is 4.68. The van der Waals surface area contributed by atoms with Crippen LogP contribution in [0.25, 0.3) is 16.7 Å². The number of hydrogen-bond donors (Lipinski definition) is 0. The lowest BCUT2D eigenvalue weighted by molar-refractivity contribution is 1.19. The monoisotopic (exact) mass is 210 g/mol. The van der Waals surface area contributed by atoms with Crippen LogP contribution in [0.2, 0.25) is 0 Å². The van der Waals surface area contributed by atoms with E-state index in [1.54, 1.807) is 0 Å². The fourth-order valence-corrected chi connectivity index (χ4v) is 2.13. The van der Waals surface area contributed by atoms with Gasteiger partial charge in [0.25, 0.3) is 0 Å². The Morgan fingerprint density at radius 2 is 1.75 bits per heavy atom. The SMILES string of the molecule is Cc1cc2nc3c(C)cccn3c2cc1C. The number of imidazole rings is 1. The van der Waals surface area contributed by atoms with Crippen LogP contribution in [0.15, 0.2) is 30.5 Å². The Balaban J connectivity index is 2.56. The maximum Gasteiger partial charge on any atom is 0.140 e. The lowest BCUT2D eigenvalue weighted by Gasteiger charge is -2.00. The Bertz CT molecular complexity index is 693. The van der Waals surface area contributed by atoms with E-state index in [0.717, 1.165) is 11.2 Å². The Morgan fingerprint density at radius 3 is 2.56 bits per heavy atom. The largest absolute Gasteiger partial charge is 0.299 e. The minimum atomic E-state index is 1.06. The fourth-order valence-electron chi connectivity index (χ4n) is 2.13. The molecule has 3 rings (SSSR count). The molecule has 0 fully saturated rings. The molecule has 0 spiro atoms. The van der Waals surface area contributed by atoms with Gasteiger partial charge in [-0.1, -0.05) is 6.07 Å². The minimum Gasteiger partial charge on any atom is -0.299 e. The van der Waals surface area contributed by atoms with Gasteiger partial charge in [0.1, 0.15) is 5.65 Å². The molecule has 2 heteroatoms. The summed E-state index contributed by atoms with van der Waals surface area (Å²) in [6.45, 7) is 6.37. The molecule has 0 bridgehead atoms. The molecule has 0 N–H and O–H groups in total. The summed E-state index contributed by atoms with van der Waals surface area (Å²) in [7, 11) is 0. The van der Waals surface area contributed by atoms with Gasteiger partial charge in [0, 0.05) is 6.20 Å². The predicted octanol–water partition coefficient (Wildman–Crippen LogP) is 3.41. The predicted molar refractivity (Wildman–Crippen MR) is 66.9 cm³/mol. The van der Waals surface area contributed by atoms with Crippen molar-refractivity contribution in [3.63, 3.8) is 0 Å². The van der Waals surface area contributed by atoms with Crippen molar-refractivity contribution in [3.05, 3.63) is 47.2 Å². The number of nitrogens with zero attached hydrogens (tertiary/aromatic N) is 2. The summed E-state index contributed by atoms with van der Waals surface area (Å²) < 4.78 is 2.16. The Labute approximate surface area is 94.5 Å². The van der Waals surface area contributed by atoms with Crippen LogP contribution >= 0.6 is 0 Å². The van der Waals surface area contributed by atoms with Gasteiger partial charge in [-0.15, -0.1) is 0 Å². The molecule has 0 saturated heterocycles. The third-order valence-electron chi connectivity index (χ3n) is 3.24. The van der Waals surface area contributed by atoms with Gasteiger partial charge in [0.15, 0.2) is 0 Å². The number of aryl methyl sites for hydroxylation is 3. The van der Waals surface area contributed by atoms with Crippen molar-refractivity contribution in [2.45, 2.75) is 20.8 Å². The van der Waals surface area contributed by atoms with E-state index in [0.29, 0.717) is 0 Å². The molecule has 3 aromatic rings. The molecule has 2 nitrogen and oxygen atoms in total. The highest BCUT2D eigenvalue weighted by atomic mass is 15.0. The standard InChI is InChI=1S/C14H14N2/c1-9-5-4-6-16-13-8-11(3)10(2)7-12(13)15-14(9)16/h4-8H,1-3H3. The van der Waals surface area contributed by atoms with Crippen molar-refractivity contribution in [3.8, 4) is 0 Å². The summed E-state index contributed by atoms with van der Waals surface area (Å²) in [5.41, 5.74) is 7.17. The molecule has 0 saturated carbocycles. The molecule has 0 aliphatic carbocycles. The first kappa shape index (κ1) is 9.40. The summed E-state index contributed by atoms with van der Waals surface area (Å²) in [5.74, 6) is 0. The van der Waals surface area contributed by atoms with E-state index in [2.05, 4.69) is 60.6 Å². The van der Waals surface area contributed by atoms with Crippen molar-refractivity contribution < 1.29 is 0 Å². The highest BCUT2D eigenvalue weighted by Crippen LogP contribution is 2.22. The second kappa shape index (κ2) is 3.08. The van der Waals surface area contributed by atoms with Crippen LogP contribution in [-0.2, 0) is 0 Å². The summed E-state index contributed by atoms with van der Waals surface area (Å²) in [6.07, 6.45) is 2.08. The topological polar surface area (TPSA) is 17.3 Å². The summed E-state index contributed by atoms with van der Waals surface area (Å²) in [4.78, 5) is 4.68. The minimum absolute atomic E-state index is 1.06. The summed E-state index contributed by atoms with van der Waals surface area (Å²) in [5, 5.41) is 0. The molecule has 0 radical (unpaired) electrons. The second-order valence-electron chi connectivity index (χ2n) is 4.42. The zero-order chi connectivity index (χ0) is 11.3. The summed E-state index contributed by atoms with van der Waals surface area (Å²) in [6, 6.07) is 8.54. The van der Waals surface area contributed by atoms with E-state index >= 15 is 0 Å². The molecule has 0 atom stereocenters. The average Bonchev–Trinajstić information content (AvgIpc) is 2.59. The van der Waals surface area contributed by atoms with Crippen molar-refractivity contribution >= 4 is 16.7 Å². The second-order valence-corrected chi connectivity index (χ2v) is 4.42.